The van der Waals surface area contributed by atoms with Crippen LogP contribution in [0.4, 0.5) is 0 Å². The third-order valence-electron chi connectivity index (χ3n) is 5.03. The second-order valence-corrected chi connectivity index (χ2v) is 7.21. The largest absolute Gasteiger partial charge is 0.480 e. The fraction of sp³-hybridized carbons (Fsp3) is 0.765. The molecule has 0 amide bonds. The van der Waals surface area contributed by atoms with Crippen LogP contribution in [0, 0.1) is 5.92 Å². The van der Waals surface area contributed by atoms with Crippen LogP contribution in [-0.4, -0.2) is 57.0 Å². The third-order valence-corrected chi connectivity index (χ3v) is 5.03. The lowest BCUT2D eigenvalue weighted by Crippen LogP contribution is -2.55. The number of aromatic nitrogens is 2. The smallest absolute Gasteiger partial charge is 0.317 e. The van der Waals surface area contributed by atoms with E-state index in [1.807, 2.05) is 23.1 Å². The molecule has 6 heteroatoms. The predicted octanol–water partition coefficient (Wildman–Crippen LogP) is 1.58. The van der Waals surface area contributed by atoms with E-state index < -0.39 is 5.97 Å². The molecule has 0 saturated heterocycles. The van der Waals surface area contributed by atoms with Crippen LogP contribution in [0.3, 0.4) is 0 Å². The number of hydrogen-bond donors (Lipinski definition) is 2. The lowest BCUT2D eigenvalue weighted by molar-refractivity contribution is -0.139. The maximum Gasteiger partial charge on any atom is 0.317 e. The Morgan fingerprint density at radius 1 is 1.48 bits per heavy atom. The Morgan fingerprint density at radius 3 is 2.87 bits per heavy atom. The topological polar surface area (TPSA) is 70.4 Å². The number of carbonyl (C=O) groups is 1. The monoisotopic (exact) mass is 320 g/mol. The van der Waals surface area contributed by atoms with Gasteiger partial charge in [-0.05, 0) is 51.0 Å². The molecule has 2 saturated carbocycles. The quantitative estimate of drug-likeness (QED) is 0.685. The summed E-state index contributed by atoms with van der Waals surface area (Å²) in [4.78, 5) is 13.2. The zero-order valence-corrected chi connectivity index (χ0v) is 13.9. The van der Waals surface area contributed by atoms with E-state index in [1.54, 1.807) is 0 Å². The first-order chi connectivity index (χ1) is 11.1. The Hall–Kier alpha value is -1.40. The lowest BCUT2D eigenvalue weighted by atomic mass is 9.84. The van der Waals surface area contributed by atoms with Gasteiger partial charge in [0.05, 0.1) is 6.54 Å². The Morgan fingerprint density at radius 2 is 2.26 bits per heavy atom. The SMILES string of the molecule is CC(CCn1cccn1)NC1CC(N(CC(=O)O)CC2CC2)C1. The van der Waals surface area contributed by atoms with Crippen molar-refractivity contribution < 1.29 is 9.90 Å². The van der Waals surface area contributed by atoms with Gasteiger partial charge in [-0.25, -0.2) is 0 Å². The molecule has 3 rings (SSSR count). The predicted molar refractivity (Wildman–Crippen MR) is 88.2 cm³/mol. The molecule has 2 fully saturated rings. The van der Waals surface area contributed by atoms with Gasteiger partial charge < -0.3 is 10.4 Å². The molecule has 2 aliphatic carbocycles. The molecule has 2 N–H and O–H groups in total. The van der Waals surface area contributed by atoms with Gasteiger partial charge in [-0.15, -0.1) is 0 Å². The number of carboxylic acids is 1. The molecule has 0 aromatic carbocycles. The number of carboxylic acid groups (broad SMARTS) is 1. The molecule has 1 heterocycles. The first kappa shape index (κ1) is 16.5. The van der Waals surface area contributed by atoms with E-state index >= 15 is 0 Å². The minimum Gasteiger partial charge on any atom is -0.480 e. The van der Waals surface area contributed by atoms with Crippen LogP contribution >= 0.6 is 0 Å². The summed E-state index contributed by atoms with van der Waals surface area (Å²) in [6.45, 7) is 4.32. The number of aryl methyl sites for hydroxylation is 1. The van der Waals surface area contributed by atoms with Crippen LogP contribution < -0.4 is 5.32 Å². The molecule has 1 aromatic heterocycles. The van der Waals surface area contributed by atoms with Gasteiger partial charge >= 0.3 is 5.97 Å². The van der Waals surface area contributed by atoms with Crippen LogP contribution in [0.15, 0.2) is 18.5 Å². The van der Waals surface area contributed by atoms with Crippen molar-refractivity contribution in [3.63, 3.8) is 0 Å². The summed E-state index contributed by atoms with van der Waals surface area (Å²) in [6.07, 6.45) is 9.56. The Kier molecular flexibility index (Phi) is 5.33. The normalized spacial score (nSPS) is 25.3. The van der Waals surface area contributed by atoms with Crippen molar-refractivity contribution in [2.45, 2.75) is 63.7 Å². The van der Waals surface area contributed by atoms with E-state index in [0.29, 0.717) is 18.1 Å². The lowest BCUT2D eigenvalue weighted by Gasteiger charge is -2.44. The Balaban J connectivity index is 1.36. The van der Waals surface area contributed by atoms with Crippen molar-refractivity contribution in [1.29, 1.82) is 0 Å². The maximum atomic E-state index is 11.0. The summed E-state index contributed by atoms with van der Waals surface area (Å²) >= 11 is 0. The van der Waals surface area contributed by atoms with Crippen LogP contribution in [-0.2, 0) is 11.3 Å². The molecule has 2 aliphatic rings. The number of rotatable bonds is 10. The molecular formula is C17H28N4O2. The number of hydrogen-bond acceptors (Lipinski definition) is 4. The summed E-state index contributed by atoms with van der Waals surface area (Å²) in [5.74, 6) is 0.0454. The van der Waals surface area contributed by atoms with Gasteiger partial charge in [0.15, 0.2) is 0 Å². The second-order valence-electron chi connectivity index (χ2n) is 7.21. The standard InChI is InChI=1S/C17H28N4O2/c1-13(5-8-21-7-2-6-18-21)19-15-9-16(10-15)20(12-17(22)23)11-14-3-4-14/h2,6-7,13-16,19H,3-5,8-12H2,1H3,(H,22,23). The third kappa shape index (κ3) is 5.04. The molecule has 1 aromatic rings. The minimum atomic E-state index is -0.699. The van der Waals surface area contributed by atoms with Crippen molar-refractivity contribution >= 4 is 5.97 Å². The van der Waals surface area contributed by atoms with Gasteiger partial charge in [-0.3, -0.25) is 14.4 Å². The molecule has 1 unspecified atom stereocenters. The highest BCUT2D eigenvalue weighted by atomic mass is 16.4. The molecule has 128 valence electrons. The van der Waals surface area contributed by atoms with Gasteiger partial charge in [0, 0.05) is 43.6 Å². The summed E-state index contributed by atoms with van der Waals surface area (Å²) in [5, 5.41) is 17.0. The minimum absolute atomic E-state index is 0.197. The van der Waals surface area contributed by atoms with E-state index in [-0.39, 0.29) is 6.54 Å². The van der Waals surface area contributed by atoms with Gasteiger partial charge in [-0.1, -0.05) is 0 Å². The summed E-state index contributed by atoms with van der Waals surface area (Å²) < 4.78 is 1.96. The van der Waals surface area contributed by atoms with Crippen molar-refractivity contribution in [3.8, 4) is 0 Å². The Bertz CT molecular complexity index is 495. The zero-order valence-electron chi connectivity index (χ0n) is 13.9. The van der Waals surface area contributed by atoms with E-state index in [9.17, 15) is 4.79 Å². The van der Waals surface area contributed by atoms with E-state index in [4.69, 9.17) is 5.11 Å². The fourth-order valence-electron chi connectivity index (χ4n) is 3.41. The number of aliphatic carboxylic acids is 1. The number of nitrogens with one attached hydrogen (secondary N) is 1. The van der Waals surface area contributed by atoms with E-state index in [2.05, 4.69) is 22.2 Å². The molecule has 0 bridgehead atoms. The number of nitrogens with zero attached hydrogens (tertiary/aromatic N) is 3. The maximum absolute atomic E-state index is 11.0. The van der Waals surface area contributed by atoms with Crippen molar-refractivity contribution in [2.24, 2.45) is 5.92 Å². The summed E-state index contributed by atoms with van der Waals surface area (Å²) in [6, 6.07) is 3.39. The Labute approximate surface area is 137 Å². The average molecular weight is 320 g/mol. The van der Waals surface area contributed by atoms with Crippen LogP contribution in [0.5, 0.6) is 0 Å². The van der Waals surface area contributed by atoms with Gasteiger partial charge in [0.25, 0.3) is 0 Å². The van der Waals surface area contributed by atoms with Crippen LogP contribution in [0.25, 0.3) is 0 Å². The summed E-state index contributed by atoms with van der Waals surface area (Å²) in [7, 11) is 0. The first-order valence-electron chi connectivity index (χ1n) is 8.79. The van der Waals surface area contributed by atoms with Crippen LogP contribution in [0.2, 0.25) is 0 Å². The first-order valence-corrected chi connectivity index (χ1v) is 8.79. The second kappa shape index (κ2) is 7.45. The molecule has 0 radical (unpaired) electrons. The molecule has 6 nitrogen and oxygen atoms in total. The average Bonchev–Trinajstić information content (AvgIpc) is 3.11. The van der Waals surface area contributed by atoms with Gasteiger partial charge in [-0.2, -0.15) is 5.10 Å². The molecular weight excluding hydrogens is 292 g/mol. The zero-order chi connectivity index (χ0) is 16.2. The molecule has 0 spiro atoms. The highest BCUT2D eigenvalue weighted by Gasteiger charge is 2.37. The van der Waals surface area contributed by atoms with Crippen molar-refractivity contribution in [3.05, 3.63) is 18.5 Å². The highest BCUT2D eigenvalue weighted by molar-refractivity contribution is 5.69. The van der Waals surface area contributed by atoms with Crippen LogP contribution in [0.1, 0.15) is 39.0 Å². The van der Waals surface area contributed by atoms with Crippen molar-refractivity contribution in [2.75, 3.05) is 13.1 Å². The van der Waals surface area contributed by atoms with Crippen molar-refractivity contribution in [1.82, 2.24) is 20.0 Å². The van der Waals surface area contributed by atoms with Gasteiger partial charge in [0.2, 0.25) is 0 Å². The fourth-order valence-corrected chi connectivity index (χ4v) is 3.41. The summed E-state index contributed by atoms with van der Waals surface area (Å²) in [5.41, 5.74) is 0. The molecule has 0 aliphatic heterocycles. The highest BCUT2D eigenvalue weighted by Crippen LogP contribution is 2.33. The molecule has 1 atom stereocenters. The van der Waals surface area contributed by atoms with Gasteiger partial charge in [0.1, 0.15) is 0 Å². The van der Waals surface area contributed by atoms with E-state index in [1.165, 1.54) is 12.8 Å². The molecule has 23 heavy (non-hydrogen) atoms. The van der Waals surface area contributed by atoms with E-state index in [0.717, 1.165) is 38.3 Å².